The van der Waals surface area contributed by atoms with E-state index in [1.165, 1.54) is 0 Å². The van der Waals surface area contributed by atoms with Gasteiger partial charge in [-0.05, 0) is 6.92 Å². The van der Waals surface area contributed by atoms with Crippen molar-refractivity contribution in [1.29, 1.82) is 0 Å². The minimum Gasteiger partial charge on any atom is -0.307 e. The Morgan fingerprint density at radius 1 is 1.67 bits per heavy atom. The Bertz CT molecular complexity index is 98.5. The Morgan fingerprint density at radius 3 is 2.56 bits per heavy atom. The summed E-state index contributed by atoms with van der Waals surface area (Å²) >= 11 is 0. The van der Waals surface area contributed by atoms with Crippen LogP contribution in [0.2, 0.25) is 0 Å². The van der Waals surface area contributed by atoms with Crippen LogP contribution in [0.1, 0.15) is 13.8 Å². The van der Waals surface area contributed by atoms with Crippen LogP contribution in [0.3, 0.4) is 0 Å². The number of rotatable bonds is 2. The Morgan fingerprint density at radius 2 is 2.22 bits per heavy atom. The summed E-state index contributed by atoms with van der Waals surface area (Å²) in [5.74, 6) is 0.944. The van der Waals surface area contributed by atoms with E-state index in [0.717, 1.165) is 12.4 Å². The van der Waals surface area contributed by atoms with Crippen LogP contribution in [0.25, 0.3) is 0 Å². The van der Waals surface area contributed by atoms with Gasteiger partial charge in [0.15, 0.2) is 0 Å². The molecule has 3 nitrogen and oxygen atoms in total. The van der Waals surface area contributed by atoms with Gasteiger partial charge in [0, 0.05) is 20.6 Å². The van der Waals surface area contributed by atoms with Gasteiger partial charge in [0.05, 0.1) is 0 Å². The maximum absolute atomic E-state index is 3.94. The Hall–Kier alpha value is -0.570. The van der Waals surface area contributed by atoms with Gasteiger partial charge in [-0.25, -0.2) is 5.01 Å². The lowest BCUT2D eigenvalue weighted by atomic mass is 10.7. The molecule has 0 aromatic carbocycles. The first kappa shape index (κ1) is 8.43. The van der Waals surface area contributed by atoms with E-state index >= 15 is 0 Å². The van der Waals surface area contributed by atoms with Gasteiger partial charge < -0.3 is 5.43 Å². The molecule has 0 saturated carbocycles. The van der Waals surface area contributed by atoms with Crippen molar-refractivity contribution in [2.24, 2.45) is 4.99 Å². The summed E-state index contributed by atoms with van der Waals surface area (Å²) in [6.07, 6.45) is 0. The van der Waals surface area contributed by atoms with Crippen LogP contribution in [0.5, 0.6) is 0 Å². The second kappa shape index (κ2) is 4.32. The molecule has 0 saturated heterocycles. The van der Waals surface area contributed by atoms with Gasteiger partial charge in [-0.2, -0.15) is 0 Å². The quantitative estimate of drug-likeness (QED) is 0.334. The van der Waals surface area contributed by atoms with Crippen molar-refractivity contribution in [1.82, 2.24) is 10.4 Å². The standard InChI is InChI=1S/C6H15N3/c1-5-9(4)8-6(2)7-3/h5H2,1-4H3,(H,7,8). The smallest absolute Gasteiger partial charge is 0.107 e. The highest BCUT2D eigenvalue weighted by Crippen LogP contribution is 1.73. The Kier molecular flexibility index (Phi) is 4.05. The third-order valence-electron chi connectivity index (χ3n) is 1.16. The molecule has 0 atom stereocenters. The summed E-state index contributed by atoms with van der Waals surface area (Å²) in [4.78, 5) is 3.94. The Labute approximate surface area is 56.7 Å². The van der Waals surface area contributed by atoms with Crippen molar-refractivity contribution in [3.05, 3.63) is 0 Å². The van der Waals surface area contributed by atoms with Crippen LogP contribution in [0.15, 0.2) is 4.99 Å². The van der Waals surface area contributed by atoms with Crippen LogP contribution in [0, 0.1) is 0 Å². The molecule has 0 spiro atoms. The molecule has 0 radical (unpaired) electrons. The second-order valence-corrected chi connectivity index (χ2v) is 1.93. The molecular formula is C6H15N3. The van der Waals surface area contributed by atoms with Crippen molar-refractivity contribution in [3.8, 4) is 0 Å². The van der Waals surface area contributed by atoms with E-state index in [4.69, 9.17) is 0 Å². The van der Waals surface area contributed by atoms with Gasteiger partial charge in [-0.3, -0.25) is 4.99 Å². The third kappa shape index (κ3) is 3.97. The van der Waals surface area contributed by atoms with E-state index in [-0.39, 0.29) is 0 Å². The minimum atomic E-state index is 0.944. The molecule has 0 unspecified atom stereocenters. The number of hydrogen-bond acceptors (Lipinski definition) is 2. The summed E-state index contributed by atoms with van der Waals surface area (Å²) < 4.78 is 0. The lowest BCUT2D eigenvalue weighted by molar-refractivity contribution is 0.308. The van der Waals surface area contributed by atoms with Gasteiger partial charge in [-0.15, -0.1) is 0 Å². The van der Waals surface area contributed by atoms with E-state index in [1.54, 1.807) is 7.05 Å². The number of hydrazine groups is 1. The highest BCUT2D eigenvalue weighted by molar-refractivity contribution is 5.78. The van der Waals surface area contributed by atoms with Crippen molar-refractivity contribution in [3.63, 3.8) is 0 Å². The molecule has 9 heavy (non-hydrogen) atoms. The minimum absolute atomic E-state index is 0.944. The summed E-state index contributed by atoms with van der Waals surface area (Å²) in [5.41, 5.74) is 3.06. The van der Waals surface area contributed by atoms with Gasteiger partial charge in [-0.1, -0.05) is 6.92 Å². The van der Waals surface area contributed by atoms with E-state index < -0.39 is 0 Å². The molecule has 0 aliphatic rings. The third-order valence-corrected chi connectivity index (χ3v) is 1.16. The largest absolute Gasteiger partial charge is 0.307 e. The molecule has 0 rings (SSSR count). The van der Waals surface area contributed by atoms with Crippen molar-refractivity contribution >= 4 is 5.84 Å². The summed E-state index contributed by atoms with van der Waals surface area (Å²) in [6.45, 7) is 5.00. The van der Waals surface area contributed by atoms with Crippen molar-refractivity contribution in [2.75, 3.05) is 20.6 Å². The average Bonchev–Trinajstić information content (AvgIpc) is 1.87. The van der Waals surface area contributed by atoms with E-state index in [2.05, 4.69) is 17.3 Å². The van der Waals surface area contributed by atoms with Gasteiger partial charge in [0.2, 0.25) is 0 Å². The molecule has 0 aliphatic carbocycles. The fourth-order valence-corrected chi connectivity index (χ4v) is 0.405. The lowest BCUT2D eigenvalue weighted by Crippen LogP contribution is -2.37. The Balaban J connectivity index is 3.47. The molecule has 54 valence electrons. The molecule has 0 amide bonds. The van der Waals surface area contributed by atoms with E-state index in [0.29, 0.717) is 0 Å². The molecule has 3 heteroatoms. The number of aliphatic imine (C=N–C) groups is 1. The zero-order valence-electron chi connectivity index (χ0n) is 6.60. The summed E-state index contributed by atoms with van der Waals surface area (Å²) in [6, 6.07) is 0. The number of amidine groups is 1. The van der Waals surface area contributed by atoms with Crippen molar-refractivity contribution in [2.45, 2.75) is 13.8 Å². The highest BCUT2D eigenvalue weighted by Gasteiger charge is 1.90. The fourth-order valence-electron chi connectivity index (χ4n) is 0.405. The van der Waals surface area contributed by atoms with Crippen LogP contribution in [0.4, 0.5) is 0 Å². The molecule has 0 fully saturated rings. The normalized spacial score (nSPS) is 12.3. The van der Waals surface area contributed by atoms with E-state index in [1.807, 2.05) is 19.0 Å². The first-order valence-electron chi connectivity index (χ1n) is 3.11. The highest BCUT2D eigenvalue weighted by atomic mass is 15.5. The predicted molar refractivity (Wildman–Crippen MR) is 40.5 cm³/mol. The average molecular weight is 129 g/mol. The van der Waals surface area contributed by atoms with Crippen LogP contribution >= 0.6 is 0 Å². The first-order valence-corrected chi connectivity index (χ1v) is 3.11. The molecule has 0 heterocycles. The van der Waals surface area contributed by atoms with E-state index in [9.17, 15) is 0 Å². The maximum Gasteiger partial charge on any atom is 0.107 e. The number of nitrogens with one attached hydrogen (secondary N) is 1. The topological polar surface area (TPSA) is 27.6 Å². The van der Waals surface area contributed by atoms with Gasteiger partial charge >= 0.3 is 0 Å². The summed E-state index contributed by atoms with van der Waals surface area (Å²) in [5, 5.41) is 1.97. The summed E-state index contributed by atoms with van der Waals surface area (Å²) in [7, 11) is 3.75. The second-order valence-electron chi connectivity index (χ2n) is 1.93. The number of hydrogen-bond donors (Lipinski definition) is 1. The zero-order chi connectivity index (χ0) is 7.28. The molecule has 0 aromatic heterocycles. The van der Waals surface area contributed by atoms with Crippen LogP contribution < -0.4 is 5.43 Å². The number of nitrogens with zero attached hydrogens (tertiary/aromatic N) is 2. The van der Waals surface area contributed by atoms with Crippen LogP contribution in [-0.4, -0.2) is 31.5 Å². The fraction of sp³-hybridized carbons (Fsp3) is 0.833. The predicted octanol–water partition coefficient (Wildman–Crippen LogP) is 0.491. The van der Waals surface area contributed by atoms with Gasteiger partial charge in [0.1, 0.15) is 5.84 Å². The maximum atomic E-state index is 3.94. The molecule has 0 aromatic rings. The molecule has 0 bridgehead atoms. The van der Waals surface area contributed by atoms with Gasteiger partial charge in [0.25, 0.3) is 0 Å². The lowest BCUT2D eigenvalue weighted by Gasteiger charge is -2.15. The first-order chi connectivity index (χ1) is 4.20. The molecule has 1 N–H and O–H groups in total. The monoisotopic (exact) mass is 129 g/mol. The van der Waals surface area contributed by atoms with Crippen LogP contribution in [-0.2, 0) is 0 Å². The van der Waals surface area contributed by atoms with Crippen molar-refractivity contribution < 1.29 is 0 Å². The molecular weight excluding hydrogens is 114 g/mol. The SMILES string of the molecule is CCN(C)NC(C)=NC. The zero-order valence-corrected chi connectivity index (χ0v) is 6.60. The molecule has 0 aliphatic heterocycles.